The molecule has 100 valence electrons. The molecule has 1 atom stereocenters. The van der Waals surface area contributed by atoms with Crippen LogP contribution in [0.5, 0.6) is 5.75 Å². The van der Waals surface area contributed by atoms with E-state index in [1.165, 1.54) is 25.8 Å². The molecule has 1 unspecified atom stereocenters. The van der Waals surface area contributed by atoms with E-state index < -0.39 is 0 Å². The van der Waals surface area contributed by atoms with E-state index in [-0.39, 0.29) is 0 Å². The van der Waals surface area contributed by atoms with Crippen molar-refractivity contribution >= 4 is 0 Å². The molecule has 0 spiro atoms. The molecule has 1 aliphatic heterocycles. The van der Waals surface area contributed by atoms with E-state index in [1.54, 1.807) is 0 Å². The molecule has 1 aromatic carbocycles. The minimum absolute atomic E-state index is 0.572. The van der Waals surface area contributed by atoms with Gasteiger partial charge < -0.3 is 15.4 Å². The van der Waals surface area contributed by atoms with Crippen molar-refractivity contribution in [2.24, 2.45) is 5.73 Å². The Balaban J connectivity index is 1.77. The Labute approximate surface area is 110 Å². The first-order valence-electron chi connectivity index (χ1n) is 6.91. The Bertz CT molecular complexity index is 367. The van der Waals surface area contributed by atoms with Gasteiger partial charge in [0.05, 0.1) is 6.61 Å². The largest absolute Gasteiger partial charge is 0.494 e. The molecule has 2 N–H and O–H groups in total. The zero-order chi connectivity index (χ0) is 12.8. The number of piperidine rings is 1. The second kappa shape index (κ2) is 6.76. The van der Waals surface area contributed by atoms with Gasteiger partial charge in [0.15, 0.2) is 0 Å². The van der Waals surface area contributed by atoms with Gasteiger partial charge in [-0.05, 0) is 50.6 Å². The van der Waals surface area contributed by atoms with Crippen LogP contribution in [0.3, 0.4) is 0 Å². The maximum absolute atomic E-state index is 5.82. The van der Waals surface area contributed by atoms with Gasteiger partial charge in [-0.3, -0.25) is 0 Å². The van der Waals surface area contributed by atoms with Gasteiger partial charge >= 0.3 is 0 Å². The van der Waals surface area contributed by atoms with Crippen molar-refractivity contribution < 1.29 is 4.74 Å². The van der Waals surface area contributed by atoms with E-state index >= 15 is 0 Å². The zero-order valence-corrected chi connectivity index (χ0v) is 11.3. The van der Waals surface area contributed by atoms with Crippen LogP contribution in [0.25, 0.3) is 0 Å². The summed E-state index contributed by atoms with van der Waals surface area (Å²) in [7, 11) is 2.22. The molecular weight excluding hydrogens is 224 g/mol. The number of likely N-dealkylation sites (tertiary alicyclic amines) is 1. The molecule has 2 rings (SSSR count). The van der Waals surface area contributed by atoms with Gasteiger partial charge in [-0.25, -0.2) is 0 Å². The fraction of sp³-hybridized carbons (Fsp3) is 0.600. The third-order valence-corrected chi connectivity index (χ3v) is 3.78. The summed E-state index contributed by atoms with van der Waals surface area (Å²) >= 11 is 0. The minimum atomic E-state index is 0.572. The van der Waals surface area contributed by atoms with E-state index in [9.17, 15) is 0 Å². The first-order chi connectivity index (χ1) is 8.79. The Morgan fingerprint density at radius 1 is 1.39 bits per heavy atom. The Kier molecular flexibility index (Phi) is 5.02. The Morgan fingerprint density at radius 2 is 2.28 bits per heavy atom. The number of hydrogen-bond donors (Lipinski definition) is 1. The predicted molar refractivity (Wildman–Crippen MR) is 74.7 cm³/mol. The van der Waals surface area contributed by atoms with Crippen molar-refractivity contribution in [2.45, 2.75) is 38.3 Å². The predicted octanol–water partition coefficient (Wildman–Crippen LogP) is 2.40. The molecule has 1 aliphatic rings. The number of ether oxygens (including phenoxy) is 1. The van der Waals surface area contributed by atoms with Gasteiger partial charge in [0.1, 0.15) is 5.75 Å². The Morgan fingerprint density at radius 3 is 3.06 bits per heavy atom. The van der Waals surface area contributed by atoms with Gasteiger partial charge in [-0.1, -0.05) is 18.6 Å². The molecule has 0 aliphatic carbocycles. The van der Waals surface area contributed by atoms with Crippen LogP contribution in [0.2, 0.25) is 0 Å². The average Bonchev–Trinajstić information content (AvgIpc) is 2.41. The number of nitrogens with two attached hydrogens (primary N) is 1. The molecule has 0 saturated carbocycles. The van der Waals surface area contributed by atoms with E-state index in [1.807, 2.05) is 24.3 Å². The smallest absolute Gasteiger partial charge is 0.119 e. The molecule has 1 heterocycles. The van der Waals surface area contributed by atoms with Crippen molar-refractivity contribution in [1.82, 2.24) is 4.90 Å². The van der Waals surface area contributed by atoms with Crippen LogP contribution in [0.1, 0.15) is 31.2 Å². The van der Waals surface area contributed by atoms with Crippen molar-refractivity contribution in [3.8, 4) is 5.75 Å². The van der Waals surface area contributed by atoms with Crippen molar-refractivity contribution in [2.75, 3.05) is 20.2 Å². The number of nitrogens with zero attached hydrogens (tertiary/aromatic N) is 1. The molecule has 0 bridgehead atoms. The first-order valence-corrected chi connectivity index (χ1v) is 6.91. The summed E-state index contributed by atoms with van der Waals surface area (Å²) in [5.74, 6) is 0.941. The standard InChI is InChI=1S/C15H24N2O/c1-17-9-3-2-6-14(17)8-10-18-15-7-4-5-13(11-15)12-16/h4-5,7,11,14H,2-3,6,8-10,12,16H2,1H3. The van der Waals surface area contributed by atoms with E-state index in [4.69, 9.17) is 10.5 Å². The maximum atomic E-state index is 5.82. The average molecular weight is 248 g/mol. The van der Waals surface area contributed by atoms with Crippen LogP contribution >= 0.6 is 0 Å². The zero-order valence-electron chi connectivity index (χ0n) is 11.3. The highest BCUT2D eigenvalue weighted by Crippen LogP contribution is 2.19. The van der Waals surface area contributed by atoms with E-state index in [0.29, 0.717) is 12.6 Å². The quantitative estimate of drug-likeness (QED) is 0.869. The molecule has 1 aromatic rings. The lowest BCUT2D eigenvalue weighted by atomic mass is 10.0. The maximum Gasteiger partial charge on any atom is 0.119 e. The fourth-order valence-corrected chi connectivity index (χ4v) is 2.58. The van der Waals surface area contributed by atoms with Gasteiger partial charge in [-0.2, -0.15) is 0 Å². The van der Waals surface area contributed by atoms with Crippen LogP contribution in [0.15, 0.2) is 24.3 Å². The molecule has 3 nitrogen and oxygen atoms in total. The Hall–Kier alpha value is -1.06. The summed E-state index contributed by atoms with van der Waals surface area (Å²) in [4.78, 5) is 2.46. The molecule has 18 heavy (non-hydrogen) atoms. The summed E-state index contributed by atoms with van der Waals surface area (Å²) in [5.41, 5.74) is 6.75. The minimum Gasteiger partial charge on any atom is -0.494 e. The third-order valence-electron chi connectivity index (χ3n) is 3.78. The van der Waals surface area contributed by atoms with Crippen LogP contribution in [-0.2, 0) is 6.54 Å². The molecule has 1 fully saturated rings. The molecule has 0 aromatic heterocycles. The highest BCUT2D eigenvalue weighted by Gasteiger charge is 2.18. The molecule has 3 heteroatoms. The number of rotatable bonds is 5. The van der Waals surface area contributed by atoms with Gasteiger partial charge in [0.2, 0.25) is 0 Å². The number of benzene rings is 1. The monoisotopic (exact) mass is 248 g/mol. The summed E-state index contributed by atoms with van der Waals surface area (Å²) in [6.07, 6.45) is 5.12. The van der Waals surface area contributed by atoms with Crippen molar-refractivity contribution in [3.63, 3.8) is 0 Å². The summed E-state index contributed by atoms with van der Waals surface area (Å²) in [6.45, 7) is 2.60. The van der Waals surface area contributed by atoms with Gasteiger partial charge in [0.25, 0.3) is 0 Å². The topological polar surface area (TPSA) is 38.5 Å². The van der Waals surface area contributed by atoms with Crippen molar-refractivity contribution in [3.05, 3.63) is 29.8 Å². The summed E-state index contributed by atoms with van der Waals surface area (Å²) < 4.78 is 5.82. The van der Waals surface area contributed by atoms with E-state index in [2.05, 4.69) is 11.9 Å². The second-order valence-corrected chi connectivity index (χ2v) is 5.12. The third kappa shape index (κ3) is 3.72. The highest BCUT2D eigenvalue weighted by molar-refractivity contribution is 5.28. The fourth-order valence-electron chi connectivity index (χ4n) is 2.58. The highest BCUT2D eigenvalue weighted by atomic mass is 16.5. The molecule has 0 radical (unpaired) electrons. The number of hydrogen-bond acceptors (Lipinski definition) is 3. The molecule has 1 saturated heterocycles. The molecule has 0 amide bonds. The summed E-state index contributed by atoms with van der Waals surface area (Å²) in [5, 5.41) is 0. The summed E-state index contributed by atoms with van der Waals surface area (Å²) in [6, 6.07) is 8.76. The lowest BCUT2D eigenvalue weighted by molar-refractivity contribution is 0.153. The van der Waals surface area contributed by atoms with Crippen molar-refractivity contribution in [1.29, 1.82) is 0 Å². The van der Waals surface area contributed by atoms with Crippen LogP contribution < -0.4 is 10.5 Å². The van der Waals surface area contributed by atoms with Gasteiger partial charge in [0, 0.05) is 12.6 Å². The normalized spacial score (nSPS) is 20.9. The lowest BCUT2D eigenvalue weighted by Gasteiger charge is -2.32. The van der Waals surface area contributed by atoms with E-state index in [0.717, 1.165) is 24.3 Å². The van der Waals surface area contributed by atoms with Crippen LogP contribution in [0.4, 0.5) is 0 Å². The SMILES string of the molecule is CN1CCCCC1CCOc1cccc(CN)c1. The van der Waals surface area contributed by atoms with Crippen LogP contribution in [0, 0.1) is 0 Å². The van der Waals surface area contributed by atoms with Gasteiger partial charge in [-0.15, -0.1) is 0 Å². The molecular formula is C15H24N2O. The second-order valence-electron chi connectivity index (χ2n) is 5.12. The lowest BCUT2D eigenvalue weighted by Crippen LogP contribution is -2.37. The first kappa shape index (κ1) is 13.4. The van der Waals surface area contributed by atoms with Crippen LogP contribution in [-0.4, -0.2) is 31.1 Å².